The Morgan fingerprint density at radius 1 is 1.21 bits per heavy atom. The number of aryl methyl sites for hydroxylation is 2. The summed E-state index contributed by atoms with van der Waals surface area (Å²) in [5, 5.41) is 12.3. The average Bonchev–Trinajstić information content (AvgIpc) is 3.39. The van der Waals surface area contributed by atoms with Gasteiger partial charge < -0.3 is 10.2 Å². The topological polar surface area (TPSA) is 94.3 Å². The normalized spacial score (nSPS) is 12.5. The quantitative estimate of drug-likeness (QED) is 0.353. The fourth-order valence-electron chi connectivity index (χ4n) is 3.92. The van der Waals surface area contributed by atoms with Crippen molar-refractivity contribution in [1.29, 1.82) is 0 Å². The molecule has 166 valence electrons. The van der Waals surface area contributed by atoms with Crippen LogP contribution in [0.2, 0.25) is 0 Å². The zero-order chi connectivity index (χ0) is 22.9. The number of rotatable bonds is 5. The average molecular weight is 459 g/mol. The van der Waals surface area contributed by atoms with E-state index in [-0.39, 0.29) is 5.91 Å². The molecule has 0 spiro atoms. The zero-order valence-corrected chi connectivity index (χ0v) is 19.3. The third kappa shape index (κ3) is 4.03. The first-order valence-corrected chi connectivity index (χ1v) is 11.3. The molecule has 0 bridgehead atoms. The van der Waals surface area contributed by atoms with E-state index in [1.807, 2.05) is 48.1 Å². The number of hydrogen-bond donors (Lipinski definition) is 1. The second kappa shape index (κ2) is 8.59. The van der Waals surface area contributed by atoms with Crippen molar-refractivity contribution >= 4 is 28.6 Å². The first kappa shape index (κ1) is 21.0. The largest absolute Gasteiger partial charge is 0.399 e. The third-order valence-electron chi connectivity index (χ3n) is 5.42. The molecular formula is C24H22N6O2S. The van der Waals surface area contributed by atoms with E-state index in [2.05, 4.69) is 26.5 Å². The van der Waals surface area contributed by atoms with Crippen LogP contribution in [0.25, 0.3) is 27.5 Å². The number of thiazole rings is 1. The number of nitrogens with one attached hydrogen (secondary N) is 1. The monoisotopic (exact) mass is 458 g/mol. The van der Waals surface area contributed by atoms with Gasteiger partial charge in [0, 0.05) is 29.9 Å². The Morgan fingerprint density at radius 2 is 2.03 bits per heavy atom. The first-order valence-electron chi connectivity index (χ1n) is 10.5. The highest BCUT2D eigenvalue weighted by Crippen LogP contribution is 2.44. The van der Waals surface area contributed by atoms with Gasteiger partial charge in [0.2, 0.25) is 5.91 Å². The maximum absolute atomic E-state index is 11.6. The maximum atomic E-state index is 11.6. The van der Waals surface area contributed by atoms with Crippen molar-refractivity contribution in [2.75, 3.05) is 12.4 Å². The van der Waals surface area contributed by atoms with Gasteiger partial charge in [-0.1, -0.05) is 28.6 Å². The fourth-order valence-corrected chi connectivity index (χ4v) is 5.03. The number of carbonyl (C=O) groups excluding carboxylic acids is 1. The Kier molecular flexibility index (Phi) is 5.47. The first-order chi connectivity index (χ1) is 16.0. The van der Waals surface area contributed by atoms with Gasteiger partial charge in [-0.15, -0.1) is 0 Å². The van der Waals surface area contributed by atoms with Gasteiger partial charge in [0.15, 0.2) is 5.13 Å². The summed E-state index contributed by atoms with van der Waals surface area (Å²) in [5.41, 5.74) is 7.87. The fraction of sp³-hybridized carbons (Fsp3) is 0.208. The highest BCUT2D eigenvalue weighted by atomic mass is 32.1. The zero-order valence-electron chi connectivity index (χ0n) is 18.5. The van der Waals surface area contributed by atoms with Gasteiger partial charge in [-0.2, -0.15) is 5.10 Å². The lowest BCUT2D eigenvalue weighted by Gasteiger charge is -2.14. The number of nitrogens with zero attached hydrogens (tertiary/aromatic N) is 5. The van der Waals surface area contributed by atoms with Gasteiger partial charge >= 0.3 is 0 Å². The second-order valence-corrected chi connectivity index (χ2v) is 8.76. The van der Waals surface area contributed by atoms with E-state index in [0.717, 1.165) is 62.9 Å². The van der Waals surface area contributed by atoms with Crippen molar-refractivity contribution in [2.45, 2.75) is 26.7 Å². The summed E-state index contributed by atoms with van der Waals surface area (Å²) in [7, 11) is 1.52. The third-order valence-corrected chi connectivity index (χ3v) is 6.44. The Bertz CT molecular complexity index is 1350. The number of aromatic nitrogens is 4. The van der Waals surface area contributed by atoms with Gasteiger partial charge in [-0.25, -0.2) is 9.67 Å². The summed E-state index contributed by atoms with van der Waals surface area (Å²) in [6, 6.07) is 12.0. The standard InChI is InChI=1S/C24H22N6O2S/c1-14-4-7-17(13-25-14)21-19-10-11-20-23(33-24(28-20)27-15(2)31)22(19)30(29-21)18-8-5-16(6-9-18)12-26-32-3/h4-9,12-13H,10-11H2,1-3H3,(H,27,28,31)/b26-12+. The molecule has 5 rings (SSSR count). The Morgan fingerprint density at radius 3 is 2.73 bits per heavy atom. The summed E-state index contributed by atoms with van der Waals surface area (Å²) < 4.78 is 1.97. The number of fused-ring (bicyclic) bond motifs is 3. The van der Waals surface area contributed by atoms with E-state index in [0.29, 0.717) is 5.13 Å². The van der Waals surface area contributed by atoms with Gasteiger partial charge in [0.1, 0.15) is 7.11 Å². The highest BCUT2D eigenvalue weighted by molar-refractivity contribution is 7.19. The molecule has 3 aromatic heterocycles. The molecule has 33 heavy (non-hydrogen) atoms. The summed E-state index contributed by atoms with van der Waals surface area (Å²) in [6.07, 6.45) is 5.14. The van der Waals surface area contributed by atoms with Crippen LogP contribution in [0, 0.1) is 6.92 Å². The molecule has 1 aliphatic carbocycles. The number of oxime groups is 1. The van der Waals surface area contributed by atoms with E-state index in [1.165, 1.54) is 25.4 Å². The molecule has 0 unspecified atom stereocenters. The molecule has 0 atom stereocenters. The van der Waals surface area contributed by atoms with E-state index >= 15 is 0 Å². The van der Waals surface area contributed by atoms with E-state index in [1.54, 1.807) is 6.21 Å². The number of anilines is 1. The molecule has 9 heteroatoms. The van der Waals surface area contributed by atoms with Crippen LogP contribution < -0.4 is 5.32 Å². The van der Waals surface area contributed by atoms with Crippen molar-refractivity contribution in [2.24, 2.45) is 5.16 Å². The lowest BCUT2D eigenvalue weighted by Crippen LogP contribution is -2.07. The lowest BCUT2D eigenvalue weighted by atomic mass is 9.95. The van der Waals surface area contributed by atoms with Crippen LogP contribution in [0.3, 0.4) is 0 Å². The Hall–Kier alpha value is -3.85. The van der Waals surface area contributed by atoms with Crippen molar-refractivity contribution < 1.29 is 9.63 Å². The summed E-state index contributed by atoms with van der Waals surface area (Å²) in [5.74, 6) is -0.130. The van der Waals surface area contributed by atoms with Crippen molar-refractivity contribution in [1.82, 2.24) is 19.7 Å². The molecule has 1 aromatic carbocycles. The minimum atomic E-state index is -0.130. The SMILES string of the molecule is CO/N=C/c1ccc(-n2nc(-c3ccc(C)nc3)c3c2-c2sc(NC(C)=O)nc2CC3)cc1. The maximum Gasteiger partial charge on any atom is 0.223 e. The van der Waals surface area contributed by atoms with Crippen molar-refractivity contribution in [3.63, 3.8) is 0 Å². The molecule has 1 N–H and O–H groups in total. The molecule has 0 saturated carbocycles. The summed E-state index contributed by atoms with van der Waals surface area (Å²) in [4.78, 5) is 26.5. The summed E-state index contributed by atoms with van der Waals surface area (Å²) >= 11 is 1.48. The van der Waals surface area contributed by atoms with Crippen LogP contribution in [0.4, 0.5) is 5.13 Å². The number of pyridine rings is 1. The van der Waals surface area contributed by atoms with Crippen LogP contribution in [0.5, 0.6) is 0 Å². The second-order valence-electron chi connectivity index (χ2n) is 7.76. The molecule has 0 aliphatic heterocycles. The molecular weight excluding hydrogens is 436 g/mol. The lowest BCUT2D eigenvalue weighted by molar-refractivity contribution is -0.114. The number of carbonyl (C=O) groups is 1. The van der Waals surface area contributed by atoms with Crippen LogP contribution >= 0.6 is 11.3 Å². The van der Waals surface area contributed by atoms with E-state index in [9.17, 15) is 4.79 Å². The predicted molar refractivity (Wildman–Crippen MR) is 129 cm³/mol. The molecule has 0 saturated heterocycles. The van der Waals surface area contributed by atoms with E-state index in [4.69, 9.17) is 9.94 Å². The molecule has 8 nitrogen and oxygen atoms in total. The van der Waals surface area contributed by atoms with Gasteiger partial charge in [0.25, 0.3) is 0 Å². The molecule has 0 radical (unpaired) electrons. The Balaban J connectivity index is 1.67. The highest BCUT2D eigenvalue weighted by Gasteiger charge is 2.30. The number of hydrogen-bond acceptors (Lipinski definition) is 7. The van der Waals surface area contributed by atoms with Crippen molar-refractivity contribution in [3.05, 3.63) is 65.1 Å². The minimum absolute atomic E-state index is 0.130. The number of amides is 1. The van der Waals surface area contributed by atoms with Gasteiger partial charge in [-0.3, -0.25) is 9.78 Å². The van der Waals surface area contributed by atoms with E-state index < -0.39 is 0 Å². The van der Waals surface area contributed by atoms with Crippen molar-refractivity contribution in [3.8, 4) is 27.5 Å². The van der Waals surface area contributed by atoms with Crippen LogP contribution in [-0.2, 0) is 22.5 Å². The molecule has 4 aromatic rings. The van der Waals surface area contributed by atoms with Crippen LogP contribution in [-0.4, -0.2) is 39.0 Å². The summed E-state index contributed by atoms with van der Waals surface area (Å²) in [6.45, 7) is 3.46. The predicted octanol–water partition coefficient (Wildman–Crippen LogP) is 4.40. The molecule has 3 heterocycles. The number of benzene rings is 1. The molecule has 1 amide bonds. The van der Waals surface area contributed by atoms with Gasteiger partial charge in [0.05, 0.1) is 33.9 Å². The molecule has 1 aliphatic rings. The smallest absolute Gasteiger partial charge is 0.223 e. The molecule has 0 fully saturated rings. The minimum Gasteiger partial charge on any atom is -0.399 e. The van der Waals surface area contributed by atoms with Crippen LogP contribution in [0.15, 0.2) is 47.8 Å². The van der Waals surface area contributed by atoms with Crippen LogP contribution in [0.1, 0.15) is 29.4 Å². The van der Waals surface area contributed by atoms with Gasteiger partial charge in [-0.05, 0) is 49.6 Å². The Labute approximate surface area is 195 Å².